The Bertz CT molecular complexity index is 590. The number of hydrogen-bond acceptors (Lipinski definition) is 2. The van der Waals surface area contributed by atoms with Crippen LogP contribution in [0.4, 0.5) is 0 Å². The highest BCUT2D eigenvalue weighted by Crippen LogP contribution is 2.34. The Morgan fingerprint density at radius 3 is 2.76 bits per heavy atom. The molecule has 21 heavy (non-hydrogen) atoms. The zero-order valence-corrected chi connectivity index (χ0v) is 14.0. The highest BCUT2D eigenvalue weighted by molar-refractivity contribution is 9.10. The molecule has 112 valence electrons. The molecule has 1 saturated carbocycles. The van der Waals surface area contributed by atoms with Crippen molar-refractivity contribution in [3.63, 3.8) is 0 Å². The molecule has 0 aromatic heterocycles. The monoisotopic (exact) mass is 369 g/mol. The number of rotatable bonds is 2. The number of carbonyl (C=O) groups is 2. The Kier molecular flexibility index (Phi) is 4.36. The molecule has 1 aliphatic heterocycles. The van der Waals surface area contributed by atoms with Gasteiger partial charge in [0.05, 0.1) is 5.02 Å². The Labute approximate surface area is 137 Å². The molecule has 3 nitrogen and oxygen atoms in total. The number of nitrogens with zero attached hydrogens (tertiary/aromatic N) is 1. The molecule has 1 aliphatic carbocycles. The minimum Gasteiger partial charge on any atom is -0.335 e. The van der Waals surface area contributed by atoms with Crippen LogP contribution in [-0.2, 0) is 4.79 Å². The predicted molar refractivity (Wildman–Crippen MR) is 85.6 cm³/mol. The fourth-order valence-corrected chi connectivity index (χ4v) is 4.00. The average molecular weight is 371 g/mol. The minimum atomic E-state index is 0.00886. The first kappa shape index (κ1) is 15.0. The molecule has 2 unspecified atom stereocenters. The molecule has 3 rings (SSSR count). The normalized spacial score (nSPS) is 25.6. The van der Waals surface area contributed by atoms with Gasteiger partial charge in [0, 0.05) is 35.0 Å². The Morgan fingerprint density at radius 2 is 2.10 bits per heavy atom. The molecule has 1 saturated heterocycles. The molecule has 0 spiro atoms. The van der Waals surface area contributed by atoms with Crippen LogP contribution in [0.1, 0.15) is 42.5 Å². The number of benzene rings is 1. The van der Waals surface area contributed by atoms with Crippen LogP contribution in [0, 0.1) is 5.92 Å². The number of hydrogen-bond donors (Lipinski definition) is 0. The summed E-state index contributed by atoms with van der Waals surface area (Å²) in [6.07, 6.45) is 4.49. The van der Waals surface area contributed by atoms with Crippen molar-refractivity contribution in [1.82, 2.24) is 4.90 Å². The fraction of sp³-hybridized carbons (Fsp3) is 0.500. The third kappa shape index (κ3) is 2.88. The van der Waals surface area contributed by atoms with Crippen LogP contribution >= 0.6 is 27.5 Å². The Hall–Kier alpha value is -0.870. The summed E-state index contributed by atoms with van der Waals surface area (Å²) >= 11 is 9.34. The molecule has 0 radical (unpaired) electrons. The highest BCUT2D eigenvalue weighted by Gasteiger charge is 2.40. The van der Waals surface area contributed by atoms with Crippen molar-refractivity contribution in [1.29, 1.82) is 0 Å². The fourth-order valence-electron chi connectivity index (χ4n) is 3.51. The summed E-state index contributed by atoms with van der Waals surface area (Å²) in [6, 6.07) is 5.32. The van der Waals surface area contributed by atoms with Gasteiger partial charge in [-0.25, -0.2) is 0 Å². The van der Waals surface area contributed by atoms with E-state index in [4.69, 9.17) is 11.6 Å². The second kappa shape index (κ2) is 6.09. The van der Waals surface area contributed by atoms with Crippen molar-refractivity contribution in [3.8, 4) is 0 Å². The van der Waals surface area contributed by atoms with Crippen molar-refractivity contribution >= 4 is 39.2 Å². The molecule has 1 heterocycles. The maximum Gasteiger partial charge on any atom is 0.254 e. The third-order valence-corrected chi connectivity index (χ3v) is 5.76. The second-order valence-corrected chi connectivity index (χ2v) is 7.06. The lowest BCUT2D eigenvalue weighted by Gasteiger charge is -2.28. The largest absolute Gasteiger partial charge is 0.335 e. The van der Waals surface area contributed by atoms with Crippen molar-refractivity contribution in [2.24, 2.45) is 5.92 Å². The van der Waals surface area contributed by atoms with E-state index in [0.29, 0.717) is 22.8 Å². The quantitative estimate of drug-likeness (QED) is 0.787. The molecule has 1 aromatic rings. The number of halogens is 2. The minimum absolute atomic E-state index is 0.00886. The second-order valence-electron chi connectivity index (χ2n) is 5.80. The van der Waals surface area contributed by atoms with Crippen molar-refractivity contribution in [2.45, 2.75) is 38.1 Å². The summed E-state index contributed by atoms with van der Waals surface area (Å²) in [4.78, 5) is 26.6. The lowest BCUT2D eigenvalue weighted by molar-refractivity contribution is -0.121. The van der Waals surface area contributed by atoms with Gasteiger partial charge >= 0.3 is 0 Å². The van der Waals surface area contributed by atoms with E-state index >= 15 is 0 Å². The Morgan fingerprint density at radius 1 is 1.29 bits per heavy atom. The van der Waals surface area contributed by atoms with Crippen molar-refractivity contribution in [3.05, 3.63) is 33.3 Å². The van der Waals surface area contributed by atoms with E-state index in [-0.39, 0.29) is 17.9 Å². The number of ketones is 1. The van der Waals surface area contributed by atoms with Gasteiger partial charge < -0.3 is 4.90 Å². The molecule has 2 atom stereocenters. The zero-order chi connectivity index (χ0) is 15.0. The number of Topliss-reactive ketones (excluding diaryl/α,β-unsaturated/α-hetero) is 1. The number of carbonyl (C=O) groups excluding carboxylic acids is 2. The van der Waals surface area contributed by atoms with Gasteiger partial charge in [-0.2, -0.15) is 0 Å². The van der Waals surface area contributed by atoms with Crippen LogP contribution in [0.3, 0.4) is 0 Å². The van der Waals surface area contributed by atoms with Gasteiger partial charge in [0.1, 0.15) is 5.78 Å². The Balaban J connectivity index is 1.82. The first-order valence-corrected chi connectivity index (χ1v) is 8.54. The van der Waals surface area contributed by atoms with E-state index in [2.05, 4.69) is 15.9 Å². The third-order valence-electron chi connectivity index (χ3n) is 4.54. The van der Waals surface area contributed by atoms with Crippen LogP contribution < -0.4 is 0 Å². The van der Waals surface area contributed by atoms with E-state index in [0.717, 1.165) is 36.7 Å². The summed E-state index contributed by atoms with van der Waals surface area (Å²) in [6.45, 7) is 0.744. The molecule has 0 bridgehead atoms. The van der Waals surface area contributed by atoms with Gasteiger partial charge in [-0.05, 0) is 59.8 Å². The van der Waals surface area contributed by atoms with Crippen LogP contribution in [0.25, 0.3) is 0 Å². The van der Waals surface area contributed by atoms with Gasteiger partial charge in [0.25, 0.3) is 5.91 Å². The van der Waals surface area contributed by atoms with E-state index in [1.165, 1.54) is 0 Å². The van der Waals surface area contributed by atoms with Crippen molar-refractivity contribution < 1.29 is 9.59 Å². The summed E-state index contributed by atoms with van der Waals surface area (Å²) in [5.74, 6) is 0.388. The van der Waals surface area contributed by atoms with Crippen LogP contribution in [0.15, 0.2) is 22.7 Å². The summed E-state index contributed by atoms with van der Waals surface area (Å²) in [7, 11) is 0. The van der Waals surface area contributed by atoms with Crippen LogP contribution in [0.5, 0.6) is 0 Å². The molecule has 2 aliphatic rings. The average Bonchev–Trinajstić information content (AvgIpc) is 3.09. The maximum atomic E-state index is 12.7. The first-order chi connectivity index (χ1) is 10.1. The van der Waals surface area contributed by atoms with E-state index < -0.39 is 0 Å². The van der Waals surface area contributed by atoms with Crippen LogP contribution in [-0.4, -0.2) is 29.2 Å². The first-order valence-electron chi connectivity index (χ1n) is 7.36. The number of likely N-dealkylation sites (tertiary alicyclic amines) is 1. The molecule has 2 fully saturated rings. The van der Waals surface area contributed by atoms with Gasteiger partial charge in [-0.15, -0.1) is 0 Å². The van der Waals surface area contributed by atoms with Crippen LogP contribution in [0.2, 0.25) is 5.02 Å². The predicted octanol–water partition coefficient (Wildman–Crippen LogP) is 4.08. The van der Waals surface area contributed by atoms with Crippen molar-refractivity contribution in [2.75, 3.05) is 6.54 Å². The van der Waals surface area contributed by atoms with E-state index in [1.807, 2.05) is 4.90 Å². The SMILES string of the molecule is O=C1CCCC1C1CCCN1C(=O)c1ccc(Cl)c(Br)c1. The smallest absolute Gasteiger partial charge is 0.254 e. The lowest BCUT2D eigenvalue weighted by atomic mass is 9.94. The standard InChI is InChI=1S/C16H17BrClNO2/c17-12-9-10(6-7-13(12)18)16(21)19-8-2-4-14(19)11-3-1-5-15(11)20/h6-7,9,11,14H,1-5,8H2. The molecule has 1 amide bonds. The molecule has 1 aromatic carbocycles. The molecular weight excluding hydrogens is 354 g/mol. The highest BCUT2D eigenvalue weighted by atomic mass is 79.9. The maximum absolute atomic E-state index is 12.7. The van der Waals surface area contributed by atoms with E-state index in [1.54, 1.807) is 18.2 Å². The van der Waals surface area contributed by atoms with Gasteiger partial charge in [0.2, 0.25) is 0 Å². The molecular formula is C16H17BrClNO2. The zero-order valence-electron chi connectivity index (χ0n) is 11.6. The molecule has 5 heteroatoms. The topological polar surface area (TPSA) is 37.4 Å². The summed E-state index contributed by atoms with van der Waals surface area (Å²) in [5.41, 5.74) is 0.628. The van der Waals surface area contributed by atoms with E-state index in [9.17, 15) is 9.59 Å². The van der Waals surface area contributed by atoms with Gasteiger partial charge in [0.15, 0.2) is 0 Å². The molecule has 0 N–H and O–H groups in total. The van der Waals surface area contributed by atoms with Gasteiger partial charge in [-0.1, -0.05) is 11.6 Å². The lowest BCUT2D eigenvalue weighted by Crippen LogP contribution is -2.41. The number of amides is 1. The summed E-state index contributed by atoms with van der Waals surface area (Å²) in [5, 5.41) is 0.593. The summed E-state index contributed by atoms with van der Waals surface area (Å²) < 4.78 is 0.725. The van der Waals surface area contributed by atoms with Gasteiger partial charge in [-0.3, -0.25) is 9.59 Å².